The molecule has 0 spiro atoms. The van der Waals surface area contributed by atoms with Gasteiger partial charge in [-0.3, -0.25) is 9.48 Å². The highest BCUT2D eigenvalue weighted by atomic mass is 16.1. The van der Waals surface area contributed by atoms with Gasteiger partial charge in [0.25, 0.3) is 5.91 Å². The molecule has 1 N–H and O–H groups in total. The van der Waals surface area contributed by atoms with Gasteiger partial charge in [-0.05, 0) is 68.2 Å². The van der Waals surface area contributed by atoms with E-state index in [9.17, 15) is 4.79 Å². The van der Waals surface area contributed by atoms with Crippen molar-refractivity contribution in [1.82, 2.24) is 20.0 Å². The molecule has 5 heteroatoms. The molecule has 0 saturated carbocycles. The van der Waals surface area contributed by atoms with Crippen molar-refractivity contribution in [2.45, 2.75) is 25.3 Å². The first-order valence-electron chi connectivity index (χ1n) is 9.62. The molecule has 1 aliphatic heterocycles. The van der Waals surface area contributed by atoms with Gasteiger partial charge in [0, 0.05) is 30.6 Å². The first-order chi connectivity index (χ1) is 13.1. The van der Waals surface area contributed by atoms with Crippen molar-refractivity contribution in [3.63, 3.8) is 0 Å². The number of fused-ring (bicyclic) bond motifs is 1. The molecule has 1 atom stereocenters. The normalized spacial score (nSPS) is 17.5. The van der Waals surface area contributed by atoms with Gasteiger partial charge in [0.2, 0.25) is 0 Å². The van der Waals surface area contributed by atoms with E-state index in [1.165, 1.54) is 19.4 Å². The SMILES string of the molecule is CN1CCC[C@H]1CCNC(=O)c1ccc(-c2ccc3c(cnn3C)c2)cc1. The van der Waals surface area contributed by atoms with E-state index in [1.54, 1.807) is 0 Å². The van der Waals surface area contributed by atoms with Gasteiger partial charge in [-0.1, -0.05) is 18.2 Å². The average molecular weight is 362 g/mol. The predicted molar refractivity (Wildman–Crippen MR) is 109 cm³/mol. The zero-order valence-corrected chi connectivity index (χ0v) is 16.0. The lowest BCUT2D eigenvalue weighted by molar-refractivity contribution is 0.0950. The number of hydrogen-bond donors (Lipinski definition) is 1. The van der Waals surface area contributed by atoms with Crippen molar-refractivity contribution >= 4 is 16.8 Å². The van der Waals surface area contributed by atoms with Gasteiger partial charge in [0.1, 0.15) is 0 Å². The third kappa shape index (κ3) is 3.74. The topological polar surface area (TPSA) is 50.2 Å². The van der Waals surface area contributed by atoms with Crippen LogP contribution < -0.4 is 5.32 Å². The van der Waals surface area contributed by atoms with Gasteiger partial charge in [0.15, 0.2) is 0 Å². The molecular formula is C22H26N4O. The van der Waals surface area contributed by atoms with Crippen molar-refractivity contribution < 1.29 is 4.79 Å². The molecule has 0 radical (unpaired) electrons. The van der Waals surface area contributed by atoms with Crippen molar-refractivity contribution in [1.29, 1.82) is 0 Å². The zero-order chi connectivity index (χ0) is 18.8. The largest absolute Gasteiger partial charge is 0.352 e. The summed E-state index contributed by atoms with van der Waals surface area (Å²) in [5.74, 6) is 0.00455. The van der Waals surface area contributed by atoms with Crippen LogP contribution in [0.25, 0.3) is 22.0 Å². The Hall–Kier alpha value is -2.66. The number of aromatic nitrogens is 2. The first kappa shape index (κ1) is 17.7. The summed E-state index contributed by atoms with van der Waals surface area (Å²) in [5.41, 5.74) is 4.06. The van der Waals surface area contributed by atoms with Gasteiger partial charge in [0.05, 0.1) is 11.7 Å². The van der Waals surface area contributed by atoms with Crippen LogP contribution in [-0.4, -0.2) is 46.8 Å². The van der Waals surface area contributed by atoms with Crippen LogP contribution in [0.5, 0.6) is 0 Å². The second kappa shape index (κ2) is 7.53. The van der Waals surface area contributed by atoms with Crippen molar-refractivity contribution in [2.75, 3.05) is 20.1 Å². The highest BCUT2D eigenvalue weighted by Crippen LogP contribution is 2.24. The van der Waals surface area contributed by atoms with E-state index in [2.05, 4.69) is 40.6 Å². The summed E-state index contributed by atoms with van der Waals surface area (Å²) in [5, 5.41) is 8.47. The van der Waals surface area contributed by atoms with E-state index in [4.69, 9.17) is 0 Å². The monoisotopic (exact) mass is 362 g/mol. The fourth-order valence-electron chi connectivity index (χ4n) is 3.96. The van der Waals surface area contributed by atoms with Crippen molar-refractivity contribution in [3.05, 3.63) is 54.2 Å². The summed E-state index contributed by atoms with van der Waals surface area (Å²) >= 11 is 0. The Balaban J connectivity index is 1.39. The molecule has 4 rings (SSSR count). The van der Waals surface area contributed by atoms with Gasteiger partial charge in [-0.15, -0.1) is 0 Å². The minimum absolute atomic E-state index is 0.00455. The van der Waals surface area contributed by atoms with Crippen LogP contribution in [-0.2, 0) is 7.05 Å². The molecule has 5 nitrogen and oxygen atoms in total. The second-order valence-corrected chi connectivity index (χ2v) is 7.44. The lowest BCUT2D eigenvalue weighted by Crippen LogP contribution is -2.31. The lowest BCUT2D eigenvalue weighted by atomic mass is 10.0. The number of nitrogens with zero attached hydrogens (tertiary/aromatic N) is 3. The summed E-state index contributed by atoms with van der Waals surface area (Å²) in [4.78, 5) is 14.8. The summed E-state index contributed by atoms with van der Waals surface area (Å²) in [6, 6.07) is 14.7. The van der Waals surface area contributed by atoms with Crippen LogP contribution in [0.1, 0.15) is 29.6 Å². The highest BCUT2D eigenvalue weighted by Gasteiger charge is 2.20. The number of rotatable bonds is 5. The minimum Gasteiger partial charge on any atom is -0.352 e. The first-order valence-corrected chi connectivity index (χ1v) is 9.62. The molecule has 1 saturated heterocycles. The average Bonchev–Trinajstić information content (AvgIpc) is 3.27. The van der Waals surface area contributed by atoms with Crippen LogP contribution in [0.4, 0.5) is 0 Å². The number of nitrogens with one attached hydrogen (secondary N) is 1. The Morgan fingerprint density at radius 3 is 2.67 bits per heavy atom. The molecule has 2 heterocycles. The Labute approximate surface area is 160 Å². The molecule has 0 aliphatic carbocycles. The second-order valence-electron chi connectivity index (χ2n) is 7.44. The summed E-state index contributed by atoms with van der Waals surface area (Å²) in [6.07, 6.45) is 5.40. The summed E-state index contributed by atoms with van der Waals surface area (Å²) in [6.45, 7) is 1.90. The summed E-state index contributed by atoms with van der Waals surface area (Å²) in [7, 11) is 4.11. The number of carbonyl (C=O) groups is 1. The number of amides is 1. The van der Waals surface area contributed by atoms with E-state index < -0.39 is 0 Å². The van der Waals surface area contributed by atoms with E-state index >= 15 is 0 Å². The van der Waals surface area contributed by atoms with Gasteiger partial charge in [-0.25, -0.2) is 0 Å². The van der Waals surface area contributed by atoms with Gasteiger partial charge in [-0.2, -0.15) is 5.10 Å². The standard InChI is InChI=1S/C22H26N4O/c1-25-13-3-4-20(25)11-12-23-22(27)17-7-5-16(6-8-17)18-9-10-21-19(14-18)15-24-26(21)2/h5-10,14-15,20H,3-4,11-13H2,1-2H3,(H,23,27)/t20-/m0/s1. The van der Waals surface area contributed by atoms with Crippen LogP contribution in [0.2, 0.25) is 0 Å². The fraction of sp³-hybridized carbons (Fsp3) is 0.364. The zero-order valence-electron chi connectivity index (χ0n) is 16.0. The highest BCUT2D eigenvalue weighted by molar-refractivity contribution is 5.94. The molecule has 140 valence electrons. The van der Waals surface area contributed by atoms with Crippen molar-refractivity contribution in [2.24, 2.45) is 7.05 Å². The third-order valence-electron chi connectivity index (χ3n) is 5.66. The van der Waals surface area contributed by atoms with Gasteiger partial charge < -0.3 is 10.2 Å². The maximum absolute atomic E-state index is 12.4. The molecule has 3 aromatic rings. The quantitative estimate of drug-likeness (QED) is 0.756. The number of hydrogen-bond acceptors (Lipinski definition) is 3. The molecule has 1 amide bonds. The number of benzene rings is 2. The molecule has 1 fully saturated rings. The molecule has 2 aromatic carbocycles. The number of aryl methyl sites for hydroxylation is 1. The van der Waals surface area contributed by atoms with E-state index in [0.29, 0.717) is 11.6 Å². The maximum atomic E-state index is 12.4. The lowest BCUT2D eigenvalue weighted by Gasteiger charge is -2.19. The Morgan fingerprint density at radius 1 is 1.15 bits per heavy atom. The van der Waals surface area contributed by atoms with Gasteiger partial charge >= 0.3 is 0 Å². The van der Waals surface area contributed by atoms with E-state index in [-0.39, 0.29) is 5.91 Å². The Morgan fingerprint density at radius 2 is 1.93 bits per heavy atom. The van der Waals surface area contributed by atoms with Crippen LogP contribution in [0.15, 0.2) is 48.7 Å². The van der Waals surface area contributed by atoms with Crippen molar-refractivity contribution in [3.8, 4) is 11.1 Å². The smallest absolute Gasteiger partial charge is 0.251 e. The molecule has 0 bridgehead atoms. The minimum atomic E-state index is 0.00455. The molecule has 1 aliphatic rings. The molecule has 0 unspecified atom stereocenters. The number of carbonyl (C=O) groups excluding carboxylic acids is 1. The number of likely N-dealkylation sites (tertiary alicyclic amines) is 1. The molecule has 27 heavy (non-hydrogen) atoms. The predicted octanol–water partition coefficient (Wildman–Crippen LogP) is 3.45. The van der Waals surface area contributed by atoms with Crippen LogP contribution in [0.3, 0.4) is 0 Å². The van der Waals surface area contributed by atoms with Crippen LogP contribution in [0, 0.1) is 0 Å². The Kier molecular flexibility index (Phi) is 4.94. The fourth-order valence-corrected chi connectivity index (χ4v) is 3.96. The molecular weight excluding hydrogens is 336 g/mol. The maximum Gasteiger partial charge on any atom is 0.251 e. The third-order valence-corrected chi connectivity index (χ3v) is 5.66. The van der Waals surface area contributed by atoms with E-state index in [1.807, 2.05) is 42.2 Å². The summed E-state index contributed by atoms with van der Waals surface area (Å²) < 4.78 is 1.87. The molecule has 1 aromatic heterocycles. The van der Waals surface area contributed by atoms with E-state index in [0.717, 1.165) is 35.0 Å². The van der Waals surface area contributed by atoms with Crippen LogP contribution >= 0.6 is 0 Å². The Bertz CT molecular complexity index is 945.